The van der Waals surface area contributed by atoms with E-state index >= 15 is 0 Å². The lowest BCUT2D eigenvalue weighted by atomic mass is 10.2. The number of benzene rings is 1. The second-order valence-electron chi connectivity index (χ2n) is 4.35. The highest BCUT2D eigenvalue weighted by atomic mass is 32.1. The Kier molecular flexibility index (Phi) is 4.64. The van der Waals surface area contributed by atoms with Gasteiger partial charge in [0.25, 0.3) is 5.69 Å². The molecule has 2 aromatic rings. The normalized spacial score (nSPS) is 10.4. The highest BCUT2D eigenvalue weighted by Crippen LogP contribution is 2.29. The number of hydrogen-bond acceptors (Lipinski definition) is 6. The summed E-state index contributed by atoms with van der Waals surface area (Å²) in [5.74, 6) is -0.250. The van der Waals surface area contributed by atoms with Crippen molar-refractivity contribution in [2.45, 2.75) is 26.9 Å². The summed E-state index contributed by atoms with van der Waals surface area (Å²) in [7, 11) is 0. The summed E-state index contributed by atoms with van der Waals surface area (Å²) in [4.78, 5) is 26.7. The van der Waals surface area contributed by atoms with E-state index in [1.54, 1.807) is 19.1 Å². The first-order valence-corrected chi connectivity index (χ1v) is 7.19. The van der Waals surface area contributed by atoms with Crippen LogP contribution >= 0.6 is 11.3 Å². The van der Waals surface area contributed by atoms with Crippen LogP contribution in [0, 0.1) is 17.0 Å². The van der Waals surface area contributed by atoms with Crippen LogP contribution in [0.15, 0.2) is 24.3 Å². The molecule has 0 amide bonds. The summed E-state index contributed by atoms with van der Waals surface area (Å²) in [6.07, 6.45) is 0.340. The molecular formula is C14H14N2O4S. The summed E-state index contributed by atoms with van der Waals surface area (Å²) in [5, 5.41) is 11.4. The molecule has 0 radical (unpaired) electrons. The van der Waals surface area contributed by atoms with Crippen molar-refractivity contribution in [2.75, 3.05) is 0 Å². The topological polar surface area (TPSA) is 82.3 Å². The molecule has 21 heavy (non-hydrogen) atoms. The summed E-state index contributed by atoms with van der Waals surface area (Å²) >= 11 is 1.42. The molecular weight excluding hydrogens is 292 g/mol. The molecule has 0 saturated heterocycles. The molecule has 0 aliphatic carbocycles. The van der Waals surface area contributed by atoms with E-state index in [1.807, 2.05) is 6.92 Å². The van der Waals surface area contributed by atoms with Gasteiger partial charge in [-0.25, -0.2) is 4.98 Å². The molecule has 6 nitrogen and oxygen atoms in total. The van der Waals surface area contributed by atoms with Crippen LogP contribution < -0.4 is 0 Å². The van der Waals surface area contributed by atoms with Gasteiger partial charge in [-0.2, -0.15) is 0 Å². The quantitative estimate of drug-likeness (QED) is 0.480. The SMILES string of the molecule is CCC(=O)OCc1sc(-c2ccc([N+](=O)[O-])cc2)nc1C. The van der Waals surface area contributed by atoms with Crippen molar-refractivity contribution in [1.82, 2.24) is 4.98 Å². The zero-order valence-electron chi connectivity index (χ0n) is 11.7. The third-order valence-electron chi connectivity index (χ3n) is 2.87. The molecule has 0 spiro atoms. The number of thiazole rings is 1. The van der Waals surface area contributed by atoms with Crippen molar-refractivity contribution in [1.29, 1.82) is 0 Å². The van der Waals surface area contributed by atoms with E-state index in [9.17, 15) is 14.9 Å². The van der Waals surface area contributed by atoms with Crippen LogP contribution in [-0.4, -0.2) is 15.9 Å². The first kappa shape index (κ1) is 15.1. The molecule has 0 aliphatic heterocycles. The van der Waals surface area contributed by atoms with Crippen molar-refractivity contribution < 1.29 is 14.5 Å². The molecule has 1 heterocycles. The van der Waals surface area contributed by atoms with Gasteiger partial charge in [-0.15, -0.1) is 11.3 Å². The van der Waals surface area contributed by atoms with Crippen molar-refractivity contribution in [3.05, 3.63) is 45.0 Å². The predicted molar refractivity (Wildman–Crippen MR) is 79.0 cm³/mol. The van der Waals surface area contributed by atoms with E-state index in [4.69, 9.17) is 4.74 Å². The fourth-order valence-corrected chi connectivity index (χ4v) is 2.64. The van der Waals surface area contributed by atoms with E-state index in [2.05, 4.69) is 4.98 Å². The Hall–Kier alpha value is -2.28. The maximum Gasteiger partial charge on any atom is 0.305 e. The predicted octanol–water partition coefficient (Wildman–Crippen LogP) is 3.48. The van der Waals surface area contributed by atoms with Crippen LogP contribution in [0.5, 0.6) is 0 Å². The van der Waals surface area contributed by atoms with Crippen LogP contribution in [0.4, 0.5) is 5.69 Å². The molecule has 0 aliphatic rings. The number of aryl methyl sites for hydroxylation is 1. The van der Waals surface area contributed by atoms with Crippen molar-refractivity contribution in [3.63, 3.8) is 0 Å². The fraction of sp³-hybridized carbons (Fsp3) is 0.286. The van der Waals surface area contributed by atoms with Gasteiger partial charge in [0.05, 0.1) is 15.5 Å². The van der Waals surface area contributed by atoms with Crippen molar-refractivity contribution in [2.24, 2.45) is 0 Å². The lowest BCUT2D eigenvalue weighted by Gasteiger charge is -2.00. The van der Waals surface area contributed by atoms with Crippen LogP contribution in [0.3, 0.4) is 0 Å². The minimum absolute atomic E-state index is 0.0455. The van der Waals surface area contributed by atoms with Crippen molar-refractivity contribution in [3.8, 4) is 10.6 Å². The van der Waals surface area contributed by atoms with E-state index in [1.165, 1.54) is 23.5 Å². The maximum atomic E-state index is 11.2. The minimum Gasteiger partial charge on any atom is -0.460 e. The van der Waals surface area contributed by atoms with E-state index in [0.717, 1.165) is 21.1 Å². The summed E-state index contributed by atoms with van der Waals surface area (Å²) in [6.45, 7) is 3.80. The molecule has 0 bridgehead atoms. The van der Waals surface area contributed by atoms with Gasteiger partial charge >= 0.3 is 5.97 Å². The summed E-state index contributed by atoms with van der Waals surface area (Å²) in [5.41, 5.74) is 1.66. The number of hydrogen-bond donors (Lipinski definition) is 0. The second-order valence-corrected chi connectivity index (χ2v) is 5.43. The Balaban J connectivity index is 2.17. The van der Waals surface area contributed by atoms with Crippen LogP contribution in [0.1, 0.15) is 23.9 Å². The molecule has 0 saturated carbocycles. The van der Waals surface area contributed by atoms with Gasteiger partial charge in [-0.3, -0.25) is 14.9 Å². The standard InChI is InChI=1S/C14H14N2O4S/c1-3-13(17)20-8-12-9(2)15-14(21-12)10-4-6-11(7-5-10)16(18)19/h4-7H,3,8H2,1-2H3. The highest BCUT2D eigenvalue weighted by Gasteiger charge is 2.12. The smallest absolute Gasteiger partial charge is 0.305 e. The minimum atomic E-state index is -0.438. The lowest BCUT2D eigenvalue weighted by Crippen LogP contribution is -2.01. The van der Waals surface area contributed by atoms with E-state index in [-0.39, 0.29) is 18.3 Å². The Morgan fingerprint density at radius 1 is 1.38 bits per heavy atom. The monoisotopic (exact) mass is 306 g/mol. The molecule has 110 valence electrons. The van der Waals surface area contributed by atoms with Gasteiger partial charge in [0, 0.05) is 24.1 Å². The Morgan fingerprint density at radius 3 is 2.62 bits per heavy atom. The summed E-state index contributed by atoms with van der Waals surface area (Å²) in [6, 6.07) is 6.22. The van der Waals surface area contributed by atoms with Crippen LogP contribution in [0.2, 0.25) is 0 Å². The number of non-ortho nitro benzene ring substituents is 1. The van der Waals surface area contributed by atoms with Gasteiger partial charge in [0.1, 0.15) is 11.6 Å². The maximum absolute atomic E-state index is 11.2. The number of ether oxygens (including phenoxy) is 1. The van der Waals surface area contributed by atoms with E-state index < -0.39 is 4.92 Å². The van der Waals surface area contributed by atoms with Crippen LogP contribution in [0.25, 0.3) is 10.6 Å². The van der Waals surface area contributed by atoms with Crippen LogP contribution in [-0.2, 0) is 16.1 Å². The molecule has 0 fully saturated rings. The number of nitro groups is 1. The number of rotatable bonds is 5. The second kappa shape index (κ2) is 6.45. The Morgan fingerprint density at radius 2 is 2.05 bits per heavy atom. The van der Waals surface area contributed by atoms with E-state index in [0.29, 0.717) is 6.42 Å². The van der Waals surface area contributed by atoms with Gasteiger partial charge < -0.3 is 4.74 Å². The number of aromatic nitrogens is 1. The molecule has 0 unspecified atom stereocenters. The zero-order valence-corrected chi connectivity index (χ0v) is 12.5. The molecule has 2 rings (SSSR count). The highest BCUT2D eigenvalue weighted by molar-refractivity contribution is 7.15. The fourth-order valence-electron chi connectivity index (χ4n) is 1.66. The Bertz CT molecular complexity index is 664. The average molecular weight is 306 g/mol. The number of nitro benzene ring substituents is 1. The third-order valence-corrected chi connectivity index (χ3v) is 4.05. The number of carbonyl (C=O) groups is 1. The van der Waals surface area contributed by atoms with Crippen molar-refractivity contribution >= 4 is 23.0 Å². The molecule has 0 atom stereocenters. The van der Waals surface area contributed by atoms with Gasteiger partial charge in [-0.05, 0) is 19.1 Å². The lowest BCUT2D eigenvalue weighted by molar-refractivity contribution is -0.384. The summed E-state index contributed by atoms with van der Waals surface area (Å²) < 4.78 is 5.10. The number of carbonyl (C=O) groups excluding carboxylic acids is 1. The first-order valence-electron chi connectivity index (χ1n) is 6.38. The van der Waals surface area contributed by atoms with Gasteiger partial charge in [0.2, 0.25) is 0 Å². The largest absolute Gasteiger partial charge is 0.460 e. The third kappa shape index (κ3) is 3.63. The molecule has 0 N–H and O–H groups in total. The zero-order chi connectivity index (χ0) is 15.4. The number of esters is 1. The molecule has 1 aromatic heterocycles. The molecule has 1 aromatic carbocycles. The van der Waals surface area contributed by atoms with Gasteiger partial charge in [0.15, 0.2) is 0 Å². The number of nitrogens with zero attached hydrogens (tertiary/aromatic N) is 2. The first-order chi connectivity index (χ1) is 10.0. The molecule has 7 heteroatoms. The average Bonchev–Trinajstić information content (AvgIpc) is 2.86. The Labute approximate surface area is 125 Å². The van der Waals surface area contributed by atoms with Gasteiger partial charge in [-0.1, -0.05) is 6.92 Å².